The molecule has 2 fully saturated rings. The molecule has 2 saturated heterocycles. The summed E-state index contributed by atoms with van der Waals surface area (Å²) < 4.78 is 2.71. The average Bonchev–Trinajstić information content (AvgIpc) is 2.94. The van der Waals surface area contributed by atoms with E-state index in [4.69, 9.17) is 0 Å². The van der Waals surface area contributed by atoms with Crippen molar-refractivity contribution >= 4 is 27.4 Å². The zero-order valence-corrected chi connectivity index (χ0v) is 13.5. The molecule has 2 aliphatic rings. The van der Waals surface area contributed by atoms with Gasteiger partial charge in [0.15, 0.2) is 0 Å². The van der Waals surface area contributed by atoms with E-state index < -0.39 is 0 Å². The number of likely N-dealkylation sites (N-methyl/N-ethyl adjacent to an activating group) is 1. The Morgan fingerprint density at radius 1 is 1.33 bits per heavy atom. The summed E-state index contributed by atoms with van der Waals surface area (Å²) in [6.07, 6.45) is 5.95. The van der Waals surface area contributed by atoms with Crippen LogP contribution < -0.4 is 0 Å². The van der Waals surface area contributed by atoms with Crippen LogP contribution in [0.3, 0.4) is 0 Å². The SMILES string of the molecule is CN1C2CCC1CN(C(=O)c1cnn3ccc(Br)cc13)C2. The van der Waals surface area contributed by atoms with Crippen LogP contribution >= 0.6 is 15.9 Å². The third-order valence-corrected chi connectivity index (χ3v) is 5.34. The van der Waals surface area contributed by atoms with E-state index in [-0.39, 0.29) is 5.91 Å². The van der Waals surface area contributed by atoms with Gasteiger partial charge in [0.25, 0.3) is 5.91 Å². The van der Waals surface area contributed by atoms with Crippen LogP contribution in [0.5, 0.6) is 0 Å². The standard InChI is InChI=1S/C15H17BrN4O/c1-18-11-2-3-12(18)9-19(8-11)15(21)13-7-17-20-5-4-10(16)6-14(13)20/h4-7,11-12H,2-3,8-9H2,1H3. The number of piperazine rings is 1. The van der Waals surface area contributed by atoms with Crippen LogP contribution in [0.1, 0.15) is 23.2 Å². The molecule has 2 aliphatic heterocycles. The van der Waals surface area contributed by atoms with Gasteiger partial charge in [-0.1, -0.05) is 15.9 Å². The zero-order chi connectivity index (χ0) is 14.6. The van der Waals surface area contributed by atoms with Crippen molar-refractivity contribution in [2.24, 2.45) is 0 Å². The minimum Gasteiger partial charge on any atom is -0.335 e. The number of hydrogen-bond acceptors (Lipinski definition) is 3. The minimum atomic E-state index is 0.105. The van der Waals surface area contributed by atoms with E-state index in [0.717, 1.165) is 23.1 Å². The van der Waals surface area contributed by atoms with Crippen molar-refractivity contribution in [3.05, 3.63) is 34.6 Å². The molecule has 0 aromatic carbocycles. The van der Waals surface area contributed by atoms with E-state index in [1.165, 1.54) is 12.8 Å². The normalized spacial score (nSPS) is 25.7. The first-order valence-electron chi connectivity index (χ1n) is 7.27. The second kappa shape index (κ2) is 4.81. The molecule has 5 nitrogen and oxygen atoms in total. The van der Waals surface area contributed by atoms with Crippen molar-refractivity contribution in [1.29, 1.82) is 0 Å². The van der Waals surface area contributed by atoms with E-state index >= 15 is 0 Å². The summed E-state index contributed by atoms with van der Waals surface area (Å²) in [5.74, 6) is 0.105. The predicted molar refractivity (Wildman–Crippen MR) is 83.4 cm³/mol. The molecular weight excluding hydrogens is 332 g/mol. The number of carbonyl (C=O) groups is 1. The number of pyridine rings is 1. The second-order valence-corrected chi connectivity index (χ2v) is 6.91. The Bertz CT molecular complexity index is 699. The minimum absolute atomic E-state index is 0.105. The topological polar surface area (TPSA) is 40.8 Å². The van der Waals surface area contributed by atoms with Gasteiger partial charge in [-0.3, -0.25) is 9.69 Å². The fourth-order valence-electron chi connectivity index (χ4n) is 3.57. The monoisotopic (exact) mass is 348 g/mol. The van der Waals surface area contributed by atoms with Gasteiger partial charge in [-0.25, -0.2) is 4.52 Å². The third-order valence-electron chi connectivity index (χ3n) is 4.85. The summed E-state index contributed by atoms with van der Waals surface area (Å²) in [6.45, 7) is 1.66. The van der Waals surface area contributed by atoms with Gasteiger partial charge in [0.2, 0.25) is 0 Å². The van der Waals surface area contributed by atoms with Crippen LogP contribution in [0.25, 0.3) is 5.52 Å². The predicted octanol–water partition coefficient (Wildman–Crippen LogP) is 2.02. The Morgan fingerprint density at radius 3 is 2.76 bits per heavy atom. The van der Waals surface area contributed by atoms with Crippen LogP contribution in [0, 0.1) is 0 Å². The fourth-order valence-corrected chi connectivity index (χ4v) is 3.90. The molecule has 0 saturated carbocycles. The average molecular weight is 349 g/mol. The molecular formula is C15H17BrN4O. The number of fused-ring (bicyclic) bond motifs is 3. The molecule has 0 radical (unpaired) electrons. The first kappa shape index (κ1) is 13.3. The number of aromatic nitrogens is 2. The highest BCUT2D eigenvalue weighted by Gasteiger charge is 2.39. The van der Waals surface area contributed by atoms with Gasteiger partial charge >= 0.3 is 0 Å². The van der Waals surface area contributed by atoms with E-state index in [1.54, 1.807) is 10.7 Å². The first-order valence-corrected chi connectivity index (χ1v) is 8.07. The lowest BCUT2D eigenvalue weighted by Crippen LogP contribution is -2.53. The molecule has 21 heavy (non-hydrogen) atoms. The highest BCUT2D eigenvalue weighted by molar-refractivity contribution is 9.10. The number of amides is 1. The lowest BCUT2D eigenvalue weighted by atomic mass is 10.1. The highest BCUT2D eigenvalue weighted by atomic mass is 79.9. The molecule has 0 aliphatic carbocycles. The van der Waals surface area contributed by atoms with Crippen molar-refractivity contribution in [3.8, 4) is 0 Å². The Labute approximate surface area is 131 Å². The van der Waals surface area contributed by atoms with Gasteiger partial charge in [-0.2, -0.15) is 5.10 Å². The second-order valence-electron chi connectivity index (χ2n) is 5.99. The van der Waals surface area contributed by atoms with Gasteiger partial charge in [-0.15, -0.1) is 0 Å². The summed E-state index contributed by atoms with van der Waals surface area (Å²) in [5.41, 5.74) is 1.56. The van der Waals surface area contributed by atoms with Gasteiger partial charge in [0, 0.05) is 35.8 Å². The molecule has 0 N–H and O–H groups in total. The lowest BCUT2D eigenvalue weighted by molar-refractivity contribution is 0.0526. The summed E-state index contributed by atoms with van der Waals surface area (Å²) in [7, 11) is 2.18. The Hall–Kier alpha value is -1.40. The fraction of sp³-hybridized carbons (Fsp3) is 0.467. The smallest absolute Gasteiger partial charge is 0.257 e. The summed E-state index contributed by atoms with van der Waals surface area (Å²) in [5, 5.41) is 4.28. The molecule has 2 atom stereocenters. The molecule has 2 aromatic rings. The van der Waals surface area contributed by atoms with Crippen molar-refractivity contribution in [3.63, 3.8) is 0 Å². The van der Waals surface area contributed by atoms with Gasteiger partial charge < -0.3 is 4.90 Å². The lowest BCUT2D eigenvalue weighted by Gasteiger charge is -2.38. The van der Waals surface area contributed by atoms with Crippen molar-refractivity contribution in [2.45, 2.75) is 24.9 Å². The van der Waals surface area contributed by atoms with Crippen molar-refractivity contribution in [2.75, 3.05) is 20.1 Å². The first-order chi connectivity index (χ1) is 10.1. The van der Waals surface area contributed by atoms with E-state index in [9.17, 15) is 4.79 Å². The number of hydrogen-bond donors (Lipinski definition) is 0. The molecule has 4 rings (SSSR count). The van der Waals surface area contributed by atoms with E-state index in [1.807, 2.05) is 23.2 Å². The molecule has 2 unspecified atom stereocenters. The van der Waals surface area contributed by atoms with Crippen LogP contribution in [0.2, 0.25) is 0 Å². The highest BCUT2D eigenvalue weighted by Crippen LogP contribution is 2.29. The third kappa shape index (κ3) is 2.08. The maximum Gasteiger partial charge on any atom is 0.257 e. The number of rotatable bonds is 1. The molecule has 1 amide bonds. The Morgan fingerprint density at radius 2 is 2.05 bits per heavy atom. The summed E-state index contributed by atoms with van der Waals surface area (Å²) >= 11 is 3.46. The molecule has 2 aromatic heterocycles. The maximum atomic E-state index is 12.9. The number of nitrogens with zero attached hydrogens (tertiary/aromatic N) is 4. The van der Waals surface area contributed by atoms with Crippen LogP contribution in [0.4, 0.5) is 0 Å². The van der Waals surface area contributed by atoms with Gasteiger partial charge in [0.05, 0.1) is 17.3 Å². The molecule has 2 bridgehead atoms. The number of halogens is 1. The van der Waals surface area contributed by atoms with Crippen molar-refractivity contribution in [1.82, 2.24) is 19.4 Å². The molecule has 0 spiro atoms. The largest absolute Gasteiger partial charge is 0.335 e. The van der Waals surface area contributed by atoms with Crippen LogP contribution in [-0.2, 0) is 0 Å². The van der Waals surface area contributed by atoms with Gasteiger partial charge in [-0.05, 0) is 32.0 Å². The van der Waals surface area contributed by atoms with E-state index in [2.05, 4.69) is 33.0 Å². The Balaban J connectivity index is 1.66. The van der Waals surface area contributed by atoms with Crippen molar-refractivity contribution < 1.29 is 4.79 Å². The molecule has 4 heterocycles. The maximum absolute atomic E-state index is 12.9. The number of likely N-dealkylation sites (tertiary alicyclic amines) is 1. The number of carbonyl (C=O) groups excluding carboxylic acids is 1. The Kier molecular flexibility index (Phi) is 3.04. The quantitative estimate of drug-likeness (QED) is 0.791. The summed E-state index contributed by atoms with van der Waals surface area (Å²) in [4.78, 5) is 17.3. The zero-order valence-electron chi connectivity index (χ0n) is 11.9. The van der Waals surface area contributed by atoms with E-state index in [0.29, 0.717) is 17.6 Å². The van der Waals surface area contributed by atoms with Crippen LogP contribution in [-0.4, -0.2) is 57.5 Å². The molecule has 6 heteroatoms. The summed E-state index contributed by atoms with van der Waals surface area (Å²) in [6, 6.07) is 4.90. The molecule has 110 valence electrons. The van der Waals surface area contributed by atoms with Gasteiger partial charge in [0.1, 0.15) is 0 Å². The van der Waals surface area contributed by atoms with Crippen LogP contribution in [0.15, 0.2) is 29.0 Å².